The van der Waals surface area contributed by atoms with E-state index in [4.69, 9.17) is 0 Å². The van der Waals surface area contributed by atoms with Crippen molar-refractivity contribution in [2.24, 2.45) is 0 Å². The Labute approximate surface area is 155 Å². The molecule has 26 heavy (non-hydrogen) atoms. The van der Waals surface area contributed by atoms with Gasteiger partial charge in [0.15, 0.2) is 0 Å². The predicted molar refractivity (Wildman–Crippen MR) is 103 cm³/mol. The molecule has 4 amide bonds. The lowest BCUT2D eigenvalue weighted by atomic mass is 10.1. The molecule has 1 heterocycles. The van der Waals surface area contributed by atoms with Crippen molar-refractivity contribution in [2.45, 2.75) is 12.7 Å². The molecule has 0 atom stereocenters. The second-order valence-electron chi connectivity index (χ2n) is 5.96. The Morgan fingerprint density at radius 1 is 1.04 bits per heavy atom. The topological polar surface area (TPSA) is 87.3 Å². The highest BCUT2D eigenvalue weighted by molar-refractivity contribution is 7.98. The minimum Gasteiger partial charge on any atom is -0.337 e. The molecule has 0 spiro atoms. The van der Waals surface area contributed by atoms with E-state index in [1.54, 1.807) is 17.8 Å². The van der Waals surface area contributed by atoms with Crippen LogP contribution < -0.4 is 16.0 Å². The summed E-state index contributed by atoms with van der Waals surface area (Å²) < 4.78 is 0. The molecule has 1 aliphatic rings. The van der Waals surface area contributed by atoms with Crippen molar-refractivity contribution >= 4 is 35.3 Å². The fourth-order valence-electron chi connectivity index (χ4n) is 2.53. The first-order valence-electron chi connectivity index (χ1n) is 8.21. The van der Waals surface area contributed by atoms with Crippen LogP contribution in [0.25, 0.3) is 0 Å². The van der Waals surface area contributed by atoms with Crippen LogP contribution in [0, 0.1) is 6.92 Å². The zero-order valence-electron chi connectivity index (χ0n) is 14.3. The number of amides is 4. The SMILES string of the molecule is Cc1ccc(CSCCNC(=O)Nc2ccc3c(c2)C(=O)NC3=O)cc1. The van der Waals surface area contributed by atoms with Crippen LogP contribution in [-0.4, -0.2) is 30.1 Å². The first kappa shape index (κ1) is 18.0. The quantitative estimate of drug-likeness (QED) is 0.540. The fourth-order valence-corrected chi connectivity index (χ4v) is 3.35. The van der Waals surface area contributed by atoms with E-state index in [0.29, 0.717) is 17.8 Å². The molecule has 2 aromatic rings. The van der Waals surface area contributed by atoms with Crippen molar-refractivity contribution < 1.29 is 14.4 Å². The molecule has 1 aliphatic heterocycles. The van der Waals surface area contributed by atoms with Crippen molar-refractivity contribution in [2.75, 3.05) is 17.6 Å². The largest absolute Gasteiger partial charge is 0.337 e. The number of imide groups is 1. The number of hydrogen-bond donors (Lipinski definition) is 3. The number of aryl methyl sites for hydroxylation is 1. The fraction of sp³-hybridized carbons (Fsp3) is 0.211. The Kier molecular flexibility index (Phi) is 5.58. The number of carbonyl (C=O) groups is 3. The lowest BCUT2D eigenvalue weighted by molar-refractivity contribution is 0.0879. The van der Waals surface area contributed by atoms with Gasteiger partial charge in [-0.3, -0.25) is 14.9 Å². The average Bonchev–Trinajstić information content (AvgIpc) is 2.90. The number of nitrogens with one attached hydrogen (secondary N) is 3. The maximum Gasteiger partial charge on any atom is 0.319 e. The van der Waals surface area contributed by atoms with Gasteiger partial charge in [-0.05, 0) is 30.7 Å². The molecule has 0 fully saturated rings. The first-order valence-corrected chi connectivity index (χ1v) is 9.36. The molecule has 6 nitrogen and oxygen atoms in total. The molecule has 0 unspecified atom stereocenters. The third-order valence-corrected chi connectivity index (χ3v) is 4.95. The van der Waals surface area contributed by atoms with Gasteiger partial charge < -0.3 is 10.6 Å². The summed E-state index contributed by atoms with van der Waals surface area (Å²) in [5, 5.41) is 7.67. The van der Waals surface area contributed by atoms with Crippen molar-refractivity contribution in [1.29, 1.82) is 0 Å². The molecule has 3 N–H and O–H groups in total. The summed E-state index contributed by atoms with van der Waals surface area (Å²) in [7, 11) is 0. The van der Waals surface area contributed by atoms with Crippen molar-refractivity contribution in [3.05, 3.63) is 64.7 Å². The number of fused-ring (bicyclic) bond motifs is 1. The van der Waals surface area contributed by atoms with Crippen LogP contribution in [0.4, 0.5) is 10.5 Å². The summed E-state index contributed by atoms with van der Waals surface area (Å²) >= 11 is 1.74. The monoisotopic (exact) mass is 369 g/mol. The molecular weight excluding hydrogens is 350 g/mol. The Balaban J connectivity index is 1.41. The van der Waals surface area contributed by atoms with E-state index in [1.807, 2.05) is 0 Å². The van der Waals surface area contributed by atoms with E-state index in [2.05, 4.69) is 47.1 Å². The molecule has 0 saturated heterocycles. The highest BCUT2D eigenvalue weighted by atomic mass is 32.2. The minimum absolute atomic E-state index is 0.279. The lowest BCUT2D eigenvalue weighted by Gasteiger charge is -2.08. The number of carbonyl (C=O) groups excluding carboxylic acids is 3. The minimum atomic E-state index is -0.443. The van der Waals surface area contributed by atoms with Crippen LogP contribution in [0.2, 0.25) is 0 Å². The number of urea groups is 1. The number of hydrogen-bond acceptors (Lipinski definition) is 4. The standard InChI is InChI=1S/C19H19N3O3S/c1-12-2-4-13(5-3-12)11-26-9-8-20-19(25)21-14-6-7-15-16(10-14)18(24)22-17(15)23/h2-7,10H,8-9,11H2,1H3,(H2,20,21,25)(H,22,23,24). The van der Waals surface area contributed by atoms with Crippen LogP contribution in [-0.2, 0) is 5.75 Å². The third kappa shape index (κ3) is 4.43. The van der Waals surface area contributed by atoms with Gasteiger partial charge in [0, 0.05) is 23.7 Å². The van der Waals surface area contributed by atoms with Crippen LogP contribution in [0.5, 0.6) is 0 Å². The summed E-state index contributed by atoms with van der Waals surface area (Å²) in [4.78, 5) is 35.1. The zero-order valence-corrected chi connectivity index (χ0v) is 15.1. The molecule has 0 saturated carbocycles. The molecule has 134 valence electrons. The molecule has 3 rings (SSSR count). The second-order valence-corrected chi connectivity index (χ2v) is 7.07. The molecule has 2 aromatic carbocycles. The second kappa shape index (κ2) is 8.05. The summed E-state index contributed by atoms with van der Waals surface area (Å²) in [6.07, 6.45) is 0. The Bertz CT molecular complexity index is 850. The van der Waals surface area contributed by atoms with Gasteiger partial charge in [-0.1, -0.05) is 29.8 Å². The van der Waals surface area contributed by atoms with Gasteiger partial charge >= 0.3 is 6.03 Å². The number of thioether (sulfide) groups is 1. The van der Waals surface area contributed by atoms with Crippen LogP contribution in [0.1, 0.15) is 31.8 Å². The number of rotatable bonds is 6. The Hall–Kier alpha value is -2.80. The predicted octanol–water partition coefficient (Wildman–Crippen LogP) is 2.93. The van der Waals surface area contributed by atoms with E-state index in [1.165, 1.54) is 23.3 Å². The van der Waals surface area contributed by atoms with Gasteiger partial charge in [-0.2, -0.15) is 11.8 Å². The maximum atomic E-state index is 11.9. The van der Waals surface area contributed by atoms with Crippen LogP contribution in [0.15, 0.2) is 42.5 Å². The molecule has 0 radical (unpaired) electrons. The lowest BCUT2D eigenvalue weighted by Crippen LogP contribution is -2.30. The van der Waals surface area contributed by atoms with E-state index >= 15 is 0 Å². The van der Waals surface area contributed by atoms with E-state index in [9.17, 15) is 14.4 Å². The van der Waals surface area contributed by atoms with Gasteiger partial charge in [0.1, 0.15) is 0 Å². The van der Waals surface area contributed by atoms with Crippen LogP contribution in [0.3, 0.4) is 0 Å². The highest BCUT2D eigenvalue weighted by Crippen LogP contribution is 2.20. The summed E-state index contributed by atoms with van der Waals surface area (Å²) in [6.45, 7) is 2.59. The van der Waals surface area contributed by atoms with Gasteiger partial charge in [-0.25, -0.2) is 4.79 Å². The molecule has 0 bridgehead atoms. The highest BCUT2D eigenvalue weighted by Gasteiger charge is 2.26. The molecule has 7 heteroatoms. The molecule has 0 aliphatic carbocycles. The van der Waals surface area contributed by atoms with E-state index in [0.717, 1.165) is 11.5 Å². The van der Waals surface area contributed by atoms with Crippen LogP contribution >= 0.6 is 11.8 Å². The Morgan fingerprint density at radius 3 is 2.54 bits per heavy atom. The van der Waals surface area contributed by atoms with Crippen molar-refractivity contribution in [1.82, 2.24) is 10.6 Å². The van der Waals surface area contributed by atoms with Gasteiger partial charge in [0.2, 0.25) is 0 Å². The Morgan fingerprint density at radius 2 is 1.77 bits per heavy atom. The maximum absolute atomic E-state index is 11.9. The summed E-state index contributed by atoms with van der Waals surface area (Å²) in [5.74, 6) is 0.841. The average molecular weight is 369 g/mol. The van der Waals surface area contributed by atoms with Crippen molar-refractivity contribution in [3.8, 4) is 0 Å². The van der Waals surface area contributed by atoms with Gasteiger partial charge in [-0.15, -0.1) is 0 Å². The van der Waals surface area contributed by atoms with Crippen molar-refractivity contribution in [3.63, 3.8) is 0 Å². The summed E-state index contributed by atoms with van der Waals surface area (Å²) in [6, 6.07) is 12.7. The first-order chi connectivity index (χ1) is 12.5. The smallest absolute Gasteiger partial charge is 0.319 e. The molecular formula is C19H19N3O3S. The number of anilines is 1. The van der Waals surface area contributed by atoms with Gasteiger partial charge in [0.25, 0.3) is 11.8 Å². The number of benzene rings is 2. The summed E-state index contributed by atoms with van der Waals surface area (Å²) in [5.41, 5.74) is 3.58. The van der Waals surface area contributed by atoms with E-state index in [-0.39, 0.29) is 11.6 Å². The zero-order chi connectivity index (χ0) is 18.5. The normalized spacial score (nSPS) is 12.5. The van der Waals surface area contributed by atoms with Gasteiger partial charge in [0.05, 0.1) is 11.1 Å². The molecule has 0 aromatic heterocycles. The third-order valence-electron chi connectivity index (χ3n) is 3.92. The van der Waals surface area contributed by atoms with E-state index < -0.39 is 11.8 Å².